The molecule has 102 valence electrons. The third kappa shape index (κ3) is 6.99. The van der Waals surface area contributed by atoms with Gasteiger partial charge in [0.1, 0.15) is 0 Å². The summed E-state index contributed by atoms with van der Waals surface area (Å²) < 4.78 is 10.1. The van der Waals surface area contributed by atoms with Crippen LogP contribution in [0.2, 0.25) is 0 Å². The Morgan fingerprint density at radius 1 is 1.12 bits per heavy atom. The minimum absolute atomic E-state index is 0.815. The van der Waals surface area contributed by atoms with Gasteiger partial charge in [-0.2, -0.15) is 0 Å². The zero-order valence-corrected chi connectivity index (χ0v) is 11.4. The third-order valence-corrected chi connectivity index (χ3v) is 3.45. The van der Waals surface area contributed by atoms with Gasteiger partial charge in [0.25, 0.3) is 0 Å². The van der Waals surface area contributed by atoms with Crippen LogP contribution in [0.25, 0.3) is 0 Å². The Bertz CT molecular complexity index is 171. The summed E-state index contributed by atoms with van der Waals surface area (Å²) in [4.78, 5) is 2.56. The van der Waals surface area contributed by atoms with Crippen molar-refractivity contribution in [2.24, 2.45) is 5.92 Å². The van der Waals surface area contributed by atoms with E-state index in [1.54, 1.807) is 14.2 Å². The third-order valence-electron chi connectivity index (χ3n) is 3.45. The molecule has 0 aromatic heterocycles. The van der Waals surface area contributed by atoms with Gasteiger partial charge in [-0.05, 0) is 44.8 Å². The standard InChI is InChI=1S/C13H28N2O2/c1-16-10-3-7-15-8-4-13(5-9-15)12-14-6-11-17-2/h13-14H,3-12H2,1-2H3. The number of ether oxygens (including phenoxy) is 2. The number of nitrogens with zero attached hydrogens (tertiary/aromatic N) is 1. The van der Waals surface area contributed by atoms with Gasteiger partial charge in [0.15, 0.2) is 0 Å². The smallest absolute Gasteiger partial charge is 0.0587 e. The first-order valence-corrected chi connectivity index (χ1v) is 6.77. The molecule has 1 saturated heterocycles. The second-order valence-electron chi connectivity index (χ2n) is 4.83. The highest BCUT2D eigenvalue weighted by Crippen LogP contribution is 2.16. The summed E-state index contributed by atoms with van der Waals surface area (Å²) in [7, 11) is 3.53. The molecule has 0 atom stereocenters. The van der Waals surface area contributed by atoms with E-state index in [9.17, 15) is 0 Å². The van der Waals surface area contributed by atoms with Crippen LogP contribution in [0.3, 0.4) is 0 Å². The average molecular weight is 244 g/mol. The van der Waals surface area contributed by atoms with Crippen molar-refractivity contribution in [3.63, 3.8) is 0 Å². The summed E-state index contributed by atoms with van der Waals surface area (Å²) >= 11 is 0. The fourth-order valence-electron chi connectivity index (χ4n) is 2.33. The quantitative estimate of drug-likeness (QED) is 0.613. The maximum Gasteiger partial charge on any atom is 0.0587 e. The van der Waals surface area contributed by atoms with Crippen molar-refractivity contribution in [1.29, 1.82) is 0 Å². The molecule has 1 rings (SSSR count). The van der Waals surface area contributed by atoms with Crippen LogP contribution in [-0.2, 0) is 9.47 Å². The lowest BCUT2D eigenvalue weighted by atomic mass is 9.97. The summed E-state index contributed by atoms with van der Waals surface area (Å²) in [6.07, 6.45) is 3.81. The van der Waals surface area contributed by atoms with Gasteiger partial charge in [0.05, 0.1) is 6.61 Å². The number of likely N-dealkylation sites (tertiary alicyclic amines) is 1. The second kappa shape index (κ2) is 9.83. The van der Waals surface area contributed by atoms with Crippen molar-refractivity contribution < 1.29 is 9.47 Å². The summed E-state index contributed by atoms with van der Waals surface area (Å²) in [6.45, 7) is 7.52. The molecule has 0 saturated carbocycles. The highest BCUT2D eigenvalue weighted by Gasteiger charge is 2.18. The zero-order chi connectivity index (χ0) is 12.3. The Labute approximate surface area is 106 Å². The molecule has 4 heteroatoms. The Balaban J connectivity index is 1.97. The Morgan fingerprint density at radius 2 is 1.82 bits per heavy atom. The Hall–Kier alpha value is -0.160. The van der Waals surface area contributed by atoms with Crippen LogP contribution in [-0.4, -0.2) is 65.1 Å². The topological polar surface area (TPSA) is 33.7 Å². The van der Waals surface area contributed by atoms with E-state index in [4.69, 9.17) is 9.47 Å². The van der Waals surface area contributed by atoms with Crippen molar-refractivity contribution in [2.75, 3.05) is 60.2 Å². The molecule has 1 aliphatic heterocycles. The summed E-state index contributed by atoms with van der Waals surface area (Å²) in [5, 5.41) is 3.46. The molecule has 0 unspecified atom stereocenters. The fraction of sp³-hybridized carbons (Fsp3) is 1.00. The monoisotopic (exact) mass is 244 g/mol. The van der Waals surface area contributed by atoms with Crippen LogP contribution in [0.15, 0.2) is 0 Å². The predicted octanol–water partition coefficient (Wildman–Crippen LogP) is 0.971. The van der Waals surface area contributed by atoms with Crippen LogP contribution >= 0.6 is 0 Å². The van der Waals surface area contributed by atoms with Crippen molar-refractivity contribution in [3.8, 4) is 0 Å². The summed E-state index contributed by atoms with van der Waals surface area (Å²) in [5.74, 6) is 0.852. The molecule has 0 spiro atoms. The molecule has 1 heterocycles. The van der Waals surface area contributed by atoms with E-state index in [1.807, 2.05) is 0 Å². The van der Waals surface area contributed by atoms with Crippen molar-refractivity contribution >= 4 is 0 Å². The molecule has 1 N–H and O–H groups in total. The Morgan fingerprint density at radius 3 is 2.47 bits per heavy atom. The molecular formula is C13H28N2O2. The van der Waals surface area contributed by atoms with E-state index in [0.29, 0.717) is 0 Å². The lowest BCUT2D eigenvalue weighted by Crippen LogP contribution is -2.38. The van der Waals surface area contributed by atoms with E-state index in [0.717, 1.165) is 38.6 Å². The molecular weight excluding hydrogens is 216 g/mol. The van der Waals surface area contributed by atoms with Crippen LogP contribution < -0.4 is 5.32 Å². The van der Waals surface area contributed by atoms with E-state index in [1.165, 1.54) is 32.5 Å². The second-order valence-corrected chi connectivity index (χ2v) is 4.83. The number of hydrogen-bond donors (Lipinski definition) is 1. The number of piperidine rings is 1. The van der Waals surface area contributed by atoms with Gasteiger partial charge in [-0.25, -0.2) is 0 Å². The van der Waals surface area contributed by atoms with Crippen molar-refractivity contribution in [1.82, 2.24) is 10.2 Å². The number of rotatable bonds is 9. The summed E-state index contributed by atoms with van der Waals surface area (Å²) in [5.41, 5.74) is 0. The average Bonchev–Trinajstić information content (AvgIpc) is 2.37. The summed E-state index contributed by atoms with van der Waals surface area (Å²) in [6, 6.07) is 0. The minimum Gasteiger partial charge on any atom is -0.385 e. The van der Waals surface area contributed by atoms with E-state index in [-0.39, 0.29) is 0 Å². The first kappa shape index (κ1) is 14.9. The molecule has 1 fully saturated rings. The number of methoxy groups -OCH3 is 2. The molecule has 1 aliphatic rings. The van der Waals surface area contributed by atoms with Gasteiger partial charge in [-0.15, -0.1) is 0 Å². The van der Waals surface area contributed by atoms with Gasteiger partial charge >= 0.3 is 0 Å². The minimum atomic E-state index is 0.815. The Kier molecular flexibility index (Phi) is 8.61. The van der Waals surface area contributed by atoms with Gasteiger partial charge in [-0.1, -0.05) is 0 Å². The highest BCUT2D eigenvalue weighted by molar-refractivity contribution is 4.73. The largest absolute Gasteiger partial charge is 0.385 e. The lowest BCUT2D eigenvalue weighted by molar-refractivity contribution is 0.144. The maximum atomic E-state index is 5.08. The van der Waals surface area contributed by atoms with Gasteiger partial charge in [0, 0.05) is 33.9 Å². The predicted molar refractivity (Wildman–Crippen MR) is 70.4 cm³/mol. The van der Waals surface area contributed by atoms with Gasteiger partial charge < -0.3 is 19.7 Å². The van der Waals surface area contributed by atoms with E-state index < -0.39 is 0 Å². The van der Waals surface area contributed by atoms with Gasteiger partial charge in [0.2, 0.25) is 0 Å². The molecule has 17 heavy (non-hydrogen) atoms. The lowest BCUT2D eigenvalue weighted by Gasteiger charge is -2.32. The van der Waals surface area contributed by atoms with Crippen molar-refractivity contribution in [3.05, 3.63) is 0 Å². The SMILES string of the molecule is COCCCN1CCC(CNCCOC)CC1. The van der Waals surface area contributed by atoms with Crippen LogP contribution in [0, 0.1) is 5.92 Å². The maximum absolute atomic E-state index is 5.08. The van der Waals surface area contributed by atoms with Crippen LogP contribution in [0.5, 0.6) is 0 Å². The van der Waals surface area contributed by atoms with E-state index in [2.05, 4.69) is 10.2 Å². The number of hydrogen-bond acceptors (Lipinski definition) is 4. The molecule has 0 aromatic carbocycles. The zero-order valence-electron chi connectivity index (χ0n) is 11.4. The van der Waals surface area contributed by atoms with E-state index >= 15 is 0 Å². The first-order valence-electron chi connectivity index (χ1n) is 6.77. The van der Waals surface area contributed by atoms with Crippen LogP contribution in [0.1, 0.15) is 19.3 Å². The molecule has 0 radical (unpaired) electrons. The fourth-order valence-corrected chi connectivity index (χ4v) is 2.33. The molecule has 0 aliphatic carbocycles. The molecule has 4 nitrogen and oxygen atoms in total. The normalized spacial score (nSPS) is 18.7. The molecule has 0 bridgehead atoms. The first-order chi connectivity index (χ1) is 8.36. The molecule has 0 amide bonds. The van der Waals surface area contributed by atoms with Crippen molar-refractivity contribution in [2.45, 2.75) is 19.3 Å². The number of nitrogens with one attached hydrogen (secondary N) is 1. The molecule has 0 aromatic rings. The van der Waals surface area contributed by atoms with Gasteiger partial charge in [-0.3, -0.25) is 0 Å². The highest BCUT2D eigenvalue weighted by atomic mass is 16.5. The van der Waals surface area contributed by atoms with Crippen LogP contribution in [0.4, 0.5) is 0 Å².